The van der Waals surface area contributed by atoms with Gasteiger partial charge in [-0.3, -0.25) is 0 Å². The maximum atomic E-state index is 12.3. The highest BCUT2D eigenvalue weighted by molar-refractivity contribution is 6.05. The van der Waals surface area contributed by atoms with Gasteiger partial charge in [-0.05, 0) is 76.1 Å². The second-order valence-electron chi connectivity index (χ2n) is 9.47. The zero-order valence-electron chi connectivity index (χ0n) is 19.0. The fourth-order valence-electron chi connectivity index (χ4n) is 4.40. The van der Waals surface area contributed by atoms with Crippen LogP contribution in [0.1, 0.15) is 58.2 Å². The summed E-state index contributed by atoms with van der Waals surface area (Å²) in [5, 5.41) is 7.94. The van der Waals surface area contributed by atoms with Crippen molar-refractivity contribution in [3.63, 3.8) is 0 Å². The van der Waals surface area contributed by atoms with Crippen LogP contribution in [0.15, 0.2) is 40.9 Å². The van der Waals surface area contributed by atoms with E-state index in [9.17, 15) is 4.79 Å². The molecule has 1 saturated heterocycles. The van der Waals surface area contributed by atoms with E-state index >= 15 is 0 Å². The first-order valence-corrected chi connectivity index (χ1v) is 11.3. The SMILES string of the molecule is C/C=C/c1c2ccccc2cc2c(CCC3CCN(C(=O)OC(C)(C)C)CC3)noc12. The molecule has 5 heteroatoms. The van der Waals surface area contributed by atoms with Crippen molar-refractivity contribution in [1.29, 1.82) is 0 Å². The number of rotatable bonds is 4. The van der Waals surface area contributed by atoms with Crippen LogP contribution in [0.3, 0.4) is 0 Å². The van der Waals surface area contributed by atoms with E-state index in [2.05, 4.69) is 41.6 Å². The third-order valence-corrected chi connectivity index (χ3v) is 5.99. The molecule has 1 aliphatic heterocycles. The predicted octanol–water partition coefficient (Wildman–Crippen LogP) is 6.59. The first kappa shape index (κ1) is 21.4. The van der Waals surface area contributed by atoms with Crippen LogP contribution in [-0.2, 0) is 11.2 Å². The lowest BCUT2D eigenvalue weighted by Crippen LogP contribution is -2.41. The summed E-state index contributed by atoms with van der Waals surface area (Å²) in [5.41, 5.74) is 2.55. The standard InChI is InChI=1S/C26H32N2O3/c1-5-8-21-20-10-7-6-9-19(20)17-22-23(27-31-24(21)22)12-11-18-13-15-28(16-14-18)25(29)30-26(2,3)4/h5-10,17-18H,11-16H2,1-4H3/b8-5+. The summed E-state index contributed by atoms with van der Waals surface area (Å²) in [4.78, 5) is 14.1. The van der Waals surface area contributed by atoms with Crippen molar-refractivity contribution in [2.75, 3.05) is 13.1 Å². The summed E-state index contributed by atoms with van der Waals surface area (Å²) in [7, 11) is 0. The Bertz CT molecular complexity index is 1100. The number of allylic oxidation sites excluding steroid dienone is 1. The zero-order valence-corrected chi connectivity index (χ0v) is 19.0. The van der Waals surface area contributed by atoms with Crippen LogP contribution in [0, 0.1) is 5.92 Å². The van der Waals surface area contributed by atoms with Gasteiger partial charge in [0.25, 0.3) is 0 Å². The zero-order chi connectivity index (χ0) is 22.0. The van der Waals surface area contributed by atoms with Crippen molar-refractivity contribution >= 4 is 33.9 Å². The molecule has 1 aliphatic rings. The van der Waals surface area contributed by atoms with Gasteiger partial charge in [-0.15, -0.1) is 0 Å². The molecule has 2 aromatic carbocycles. The van der Waals surface area contributed by atoms with Crippen LogP contribution in [0.2, 0.25) is 0 Å². The minimum Gasteiger partial charge on any atom is -0.444 e. The second kappa shape index (κ2) is 8.74. The van der Waals surface area contributed by atoms with Gasteiger partial charge in [0.15, 0.2) is 5.58 Å². The van der Waals surface area contributed by atoms with Gasteiger partial charge in [0, 0.05) is 24.0 Å². The first-order chi connectivity index (χ1) is 14.9. The van der Waals surface area contributed by atoms with Crippen LogP contribution in [0.5, 0.6) is 0 Å². The van der Waals surface area contributed by atoms with Crippen molar-refractivity contribution in [3.8, 4) is 0 Å². The minimum atomic E-state index is -0.446. The lowest BCUT2D eigenvalue weighted by molar-refractivity contribution is 0.0181. The normalized spacial score (nSPS) is 15.9. The largest absolute Gasteiger partial charge is 0.444 e. The summed E-state index contributed by atoms with van der Waals surface area (Å²) in [5.74, 6) is 0.584. The van der Waals surface area contributed by atoms with Gasteiger partial charge in [-0.2, -0.15) is 0 Å². The molecule has 5 nitrogen and oxygen atoms in total. The van der Waals surface area contributed by atoms with Crippen LogP contribution >= 0.6 is 0 Å². The Hall–Kier alpha value is -2.82. The molecule has 3 aromatic rings. The number of fused-ring (bicyclic) bond motifs is 2. The van der Waals surface area contributed by atoms with E-state index in [0.29, 0.717) is 5.92 Å². The Kier molecular flexibility index (Phi) is 6.03. The molecule has 0 N–H and O–H groups in total. The third-order valence-electron chi connectivity index (χ3n) is 5.99. The number of amides is 1. The molecule has 0 aliphatic carbocycles. The fourth-order valence-corrected chi connectivity index (χ4v) is 4.40. The molecular formula is C26H32N2O3. The van der Waals surface area contributed by atoms with Crippen molar-refractivity contribution in [1.82, 2.24) is 10.1 Å². The Labute approximate surface area is 184 Å². The Balaban J connectivity index is 1.44. The summed E-state index contributed by atoms with van der Waals surface area (Å²) >= 11 is 0. The molecule has 1 aromatic heterocycles. The molecule has 164 valence electrons. The third kappa shape index (κ3) is 4.76. The molecule has 0 radical (unpaired) electrons. The maximum absolute atomic E-state index is 12.3. The van der Waals surface area contributed by atoms with Crippen molar-refractivity contribution < 1.29 is 14.1 Å². The average Bonchev–Trinajstić information content (AvgIpc) is 3.14. The lowest BCUT2D eigenvalue weighted by atomic mass is 9.91. The molecule has 2 heterocycles. The Morgan fingerprint density at radius 1 is 1.23 bits per heavy atom. The quantitative estimate of drug-likeness (QED) is 0.477. The molecule has 4 rings (SSSR count). The molecule has 0 atom stereocenters. The van der Waals surface area contributed by atoms with Crippen LogP contribution < -0.4 is 0 Å². The molecule has 1 fully saturated rings. The van der Waals surface area contributed by atoms with Gasteiger partial charge in [0.1, 0.15) is 5.60 Å². The minimum absolute atomic E-state index is 0.197. The van der Waals surface area contributed by atoms with E-state index in [-0.39, 0.29) is 6.09 Å². The van der Waals surface area contributed by atoms with E-state index in [1.807, 2.05) is 38.7 Å². The number of aryl methyl sites for hydroxylation is 1. The van der Waals surface area contributed by atoms with E-state index in [0.717, 1.165) is 61.0 Å². The van der Waals surface area contributed by atoms with Crippen LogP contribution in [-0.4, -0.2) is 34.8 Å². The van der Waals surface area contributed by atoms with E-state index in [1.54, 1.807) is 0 Å². The van der Waals surface area contributed by atoms with Gasteiger partial charge in [0.05, 0.1) is 5.69 Å². The smallest absolute Gasteiger partial charge is 0.410 e. The number of piperidine rings is 1. The number of likely N-dealkylation sites (tertiary alicyclic amines) is 1. The molecular weight excluding hydrogens is 388 g/mol. The number of hydrogen-bond acceptors (Lipinski definition) is 4. The monoisotopic (exact) mass is 420 g/mol. The summed E-state index contributed by atoms with van der Waals surface area (Å²) < 4.78 is 11.3. The number of carbonyl (C=O) groups is 1. The van der Waals surface area contributed by atoms with Crippen molar-refractivity contribution in [3.05, 3.63) is 47.7 Å². The topological polar surface area (TPSA) is 55.6 Å². The van der Waals surface area contributed by atoms with Crippen LogP contribution in [0.25, 0.3) is 27.8 Å². The van der Waals surface area contributed by atoms with E-state index < -0.39 is 5.60 Å². The van der Waals surface area contributed by atoms with Gasteiger partial charge >= 0.3 is 6.09 Å². The van der Waals surface area contributed by atoms with Crippen molar-refractivity contribution in [2.45, 2.75) is 59.0 Å². The lowest BCUT2D eigenvalue weighted by Gasteiger charge is -2.33. The highest BCUT2D eigenvalue weighted by Crippen LogP contribution is 2.33. The number of aromatic nitrogens is 1. The predicted molar refractivity (Wildman–Crippen MR) is 125 cm³/mol. The van der Waals surface area contributed by atoms with Crippen LogP contribution in [0.4, 0.5) is 4.79 Å². The van der Waals surface area contributed by atoms with E-state index in [4.69, 9.17) is 9.26 Å². The Morgan fingerprint density at radius 2 is 1.97 bits per heavy atom. The molecule has 1 amide bonds. The van der Waals surface area contributed by atoms with Gasteiger partial charge in [-0.25, -0.2) is 4.79 Å². The highest BCUT2D eigenvalue weighted by atomic mass is 16.6. The Morgan fingerprint density at radius 3 is 2.68 bits per heavy atom. The number of hydrogen-bond donors (Lipinski definition) is 0. The number of nitrogens with zero attached hydrogens (tertiary/aromatic N) is 2. The molecule has 0 saturated carbocycles. The molecule has 0 unspecified atom stereocenters. The summed E-state index contributed by atoms with van der Waals surface area (Å²) in [6.07, 6.45) is 7.89. The van der Waals surface area contributed by atoms with Crippen molar-refractivity contribution in [2.24, 2.45) is 5.92 Å². The molecule has 0 bridgehead atoms. The highest BCUT2D eigenvalue weighted by Gasteiger charge is 2.27. The second-order valence-corrected chi connectivity index (χ2v) is 9.47. The van der Waals surface area contributed by atoms with Gasteiger partial charge in [0.2, 0.25) is 0 Å². The molecule has 0 spiro atoms. The van der Waals surface area contributed by atoms with E-state index in [1.165, 1.54) is 10.8 Å². The number of benzene rings is 2. The summed E-state index contributed by atoms with van der Waals surface area (Å²) in [6, 6.07) is 10.6. The first-order valence-electron chi connectivity index (χ1n) is 11.3. The molecule has 31 heavy (non-hydrogen) atoms. The average molecular weight is 421 g/mol. The maximum Gasteiger partial charge on any atom is 0.410 e. The number of carbonyl (C=O) groups excluding carboxylic acids is 1. The van der Waals surface area contributed by atoms with Gasteiger partial charge < -0.3 is 14.2 Å². The van der Waals surface area contributed by atoms with Gasteiger partial charge in [-0.1, -0.05) is 41.6 Å². The fraction of sp³-hybridized carbons (Fsp3) is 0.462. The number of ether oxygens (including phenoxy) is 1. The summed E-state index contributed by atoms with van der Waals surface area (Å²) in [6.45, 7) is 9.26.